The minimum absolute atomic E-state index is 0.0321. The number of hydrogen-bond donors (Lipinski definition) is 1. The zero-order valence-corrected chi connectivity index (χ0v) is 20.4. The van der Waals surface area contributed by atoms with Gasteiger partial charge in [0.2, 0.25) is 5.91 Å². The summed E-state index contributed by atoms with van der Waals surface area (Å²) in [5.41, 5.74) is 1.80. The molecule has 0 bridgehead atoms. The lowest BCUT2D eigenvalue weighted by molar-refractivity contribution is -0.119. The van der Waals surface area contributed by atoms with Crippen molar-refractivity contribution < 1.29 is 27.4 Å². The van der Waals surface area contributed by atoms with E-state index < -0.39 is 22.5 Å². The number of sulfonamides is 1. The quantitative estimate of drug-likeness (QED) is 0.473. The lowest BCUT2D eigenvalue weighted by Crippen LogP contribution is -2.40. The molecule has 180 valence electrons. The van der Waals surface area contributed by atoms with Crippen LogP contribution in [-0.4, -0.2) is 42.2 Å². The van der Waals surface area contributed by atoms with Crippen molar-refractivity contribution in [2.24, 2.45) is 0 Å². The number of rotatable bonds is 10. The molecular weight excluding hydrogens is 456 g/mol. The molecule has 9 heteroatoms. The van der Waals surface area contributed by atoms with Crippen LogP contribution in [-0.2, 0) is 21.4 Å². The highest BCUT2D eigenvalue weighted by molar-refractivity contribution is 7.93. The molecule has 0 fully saturated rings. The van der Waals surface area contributed by atoms with Crippen LogP contribution < -0.4 is 23.8 Å². The Morgan fingerprint density at radius 2 is 1.62 bits per heavy atom. The summed E-state index contributed by atoms with van der Waals surface area (Å²) >= 11 is 0. The standard InChI is InChI=1S/C25H28N2O6S/c1-18-12-13-23(33-4)24(14-18)34(29,30)27(20-9-7-10-21(15-20)31-2)17-25(28)26-16-19-8-5-6-11-22(19)32-3/h5-15H,16-17H2,1-4H3,(H,26,28). The molecule has 3 aromatic rings. The number of ether oxygens (including phenoxy) is 3. The molecule has 0 aliphatic rings. The van der Waals surface area contributed by atoms with E-state index >= 15 is 0 Å². The molecule has 0 saturated heterocycles. The zero-order chi connectivity index (χ0) is 24.7. The molecule has 1 N–H and O–H groups in total. The van der Waals surface area contributed by atoms with Crippen molar-refractivity contribution in [3.05, 3.63) is 77.9 Å². The van der Waals surface area contributed by atoms with Crippen molar-refractivity contribution in [3.63, 3.8) is 0 Å². The maximum absolute atomic E-state index is 13.8. The van der Waals surface area contributed by atoms with Gasteiger partial charge in [0.1, 0.15) is 28.7 Å². The van der Waals surface area contributed by atoms with Crippen molar-refractivity contribution >= 4 is 21.6 Å². The summed E-state index contributed by atoms with van der Waals surface area (Å²) in [4.78, 5) is 12.9. The monoisotopic (exact) mass is 484 g/mol. The molecule has 0 aliphatic carbocycles. The first kappa shape index (κ1) is 24.9. The van der Waals surface area contributed by atoms with Crippen LogP contribution >= 0.6 is 0 Å². The van der Waals surface area contributed by atoms with Crippen molar-refractivity contribution in [2.75, 3.05) is 32.2 Å². The van der Waals surface area contributed by atoms with Crippen LogP contribution in [0, 0.1) is 6.92 Å². The smallest absolute Gasteiger partial charge is 0.268 e. The summed E-state index contributed by atoms with van der Waals surface area (Å²) in [6.45, 7) is 1.53. The Morgan fingerprint density at radius 3 is 2.32 bits per heavy atom. The van der Waals surface area contributed by atoms with Crippen LogP contribution in [0.3, 0.4) is 0 Å². The molecule has 34 heavy (non-hydrogen) atoms. The van der Waals surface area contributed by atoms with Gasteiger partial charge in [0.25, 0.3) is 10.0 Å². The molecule has 8 nitrogen and oxygen atoms in total. The SMILES string of the molecule is COc1cccc(N(CC(=O)NCc2ccccc2OC)S(=O)(=O)c2cc(C)ccc2OC)c1. The Bertz CT molecular complexity index is 1260. The normalized spacial score (nSPS) is 10.9. The third-order valence-corrected chi connectivity index (χ3v) is 6.98. The van der Waals surface area contributed by atoms with Gasteiger partial charge in [0.05, 0.1) is 27.0 Å². The number of nitrogens with one attached hydrogen (secondary N) is 1. The van der Waals surface area contributed by atoms with Crippen LogP contribution in [0.2, 0.25) is 0 Å². The van der Waals surface area contributed by atoms with Crippen LogP contribution in [0.1, 0.15) is 11.1 Å². The van der Waals surface area contributed by atoms with E-state index in [9.17, 15) is 13.2 Å². The van der Waals surface area contributed by atoms with Gasteiger partial charge >= 0.3 is 0 Å². The van der Waals surface area contributed by atoms with Gasteiger partial charge < -0.3 is 19.5 Å². The first-order valence-corrected chi connectivity index (χ1v) is 11.9. The molecule has 0 spiro atoms. The predicted molar refractivity (Wildman–Crippen MR) is 130 cm³/mol. The average molecular weight is 485 g/mol. The van der Waals surface area contributed by atoms with E-state index in [0.717, 1.165) is 15.4 Å². The highest BCUT2D eigenvalue weighted by Crippen LogP contribution is 2.32. The van der Waals surface area contributed by atoms with E-state index in [4.69, 9.17) is 14.2 Å². The summed E-state index contributed by atoms with van der Waals surface area (Å²) in [6.07, 6.45) is 0. The minimum atomic E-state index is -4.17. The van der Waals surface area contributed by atoms with E-state index in [-0.39, 0.29) is 22.9 Å². The highest BCUT2D eigenvalue weighted by Gasteiger charge is 2.30. The first-order valence-electron chi connectivity index (χ1n) is 10.5. The minimum Gasteiger partial charge on any atom is -0.497 e. The van der Waals surface area contributed by atoms with E-state index in [1.807, 2.05) is 18.2 Å². The van der Waals surface area contributed by atoms with Gasteiger partial charge in [-0.3, -0.25) is 9.10 Å². The third kappa shape index (κ3) is 5.60. The van der Waals surface area contributed by atoms with Gasteiger partial charge in [-0.15, -0.1) is 0 Å². The Kier molecular flexibility index (Phi) is 8.01. The molecule has 3 aromatic carbocycles. The fraction of sp³-hybridized carbons (Fsp3) is 0.240. The third-order valence-electron chi connectivity index (χ3n) is 5.18. The van der Waals surface area contributed by atoms with Gasteiger partial charge in [-0.1, -0.05) is 30.3 Å². The largest absolute Gasteiger partial charge is 0.497 e. The zero-order valence-electron chi connectivity index (χ0n) is 19.6. The summed E-state index contributed by atoms with van der Waals surface area (Å²) in [6, 6.07) is 18.7. The van der Waals surface area contributed by atoms with E-state index in [0.29, 0.717) is 11.5 Å². The van der Waals surface area contributed by atoms with Gasteiger partial charge in [-0.2, -0.15) is 0 Å². The Labute approximate surface area is 200 Å². The fourth-order valence-electron chi connectivity index (χ4n) is 3.41. The molecular formula is C25H28N2O6S. The molecule has 1 amide bonds. The lowest BCUT2D eigenvalue weighted by Gasteiger charge is -2.25. The summed E-state index contributed by atoms with van der Waals surface area (Å²) in [7, 11) is 0.271. The second-order valence-corrected chi connectivity index (χ2v) is 9.29. The van der Waals surface area contributed by atoms with Crippen LogP contribution in [0.4, 0.5) is 5.69 Å². The van der Waals surface area contributed by atoms with Crippen LogP contribution in [0.5, 0.6) is 17.2 Å². The van der Waals surface area contributed by atoms with Crippen molar-refractivity contribution in [1.29, 1.82) is 0 Å². The summed E-state index contributed by atoms with van der Waals surface area (Å²) in [5.74, 6) is 0.796. The number of hydrogen-bond acceptors (Lipinski definition) is 6. The Morgan fingerprint density at radius 1 is 0.882 bits per heavy atom. The van der Waals surface area contributed by atoms with Crippen LogP contribution in [0.15, 0.2) is 71.6 Å². The van der Waals surface area contributed by atoms with E-state index in [2.05, 4.69) is 5.32 Å². The number of amides is 1. The molecule has 0 unspecified atom stereocenters. The number of carbonyl (C=O) groups excluding carboxylic acids is 1. The Balaban J connectivity index is 1.96. The van der Waals surface area contributed by atoms with Crippen LogP contribution in [0.25, 0.3) is 0 Å². The highest BCUT2D eigenvalue weighted by atomic mass is 32.2. The molecule has 0 saturated carbocycles. The summed E-state index contributed by atoms with van der Waals surface area (Å²) < 4.78 is 44.5. The molecule has 0 aromatic heterocycles. The van der Waals surface area contributed by atoms with Gasteiger partial charge in [-0.05, 0) is 42.8 Å². The second-order valence-electron chi connectivity index (χ2n) is 7.46. The van der Waals surface area contributed by atoms with Gasteiger partial charge in [0, 0.05) is 18.2 Å². The molecule has 3 rings (SSSR count). The lowest BCUT2D eigenvalue weighted by atomic mass is 10.2. The van der Waals surface area contributed by atoms with E-state index in [1.165, 1.54) is 20.3 Å². The Hall–Kier alpha value is -3.72. The van der Waals surface area contributed by atoms with E-state index in [1.54, 1.807) is 56.5 Å². The number of methoxy groups -OCH3 is 3. The number of benzene rings is 3. The topological polar surface area (TPSA) is 94.2 Å². The predicted octanol–water partition coefficient (Wildman–Crippen LogP) is 3.53. The van der Waals surface area contributed by atoms with Crippen molar-refractivity contribution in [2.45, 2.75) is 18.4 Å². The number of carbonyl (C=O) groups is 1. The first-order chi connectivity index (χ1) is 16.3. The molecule has 0 aliphatic heterocycles. The van der Waals surface area contributed by atoms with Gasteiger partial charge in [-0.25, -0.2) is 8.42 Å². The number of aryl methyl sites for hydroxylation is 1. The van der Waals surface area contributed by atoms with Crippen molar-refractivity contribution in [3.8, 4) is 17.2 Å². The number of anilines is 1. The average Bonchev–Trinajstić information content (AvgIpc) is 2.86. The number of nitrogens with zero attached hydrogens (tertiary/aromatic N) is 1. The second kappa shape index (κ2) is 10.9. The maximum Gasteiger partial charge on any atom is 0.268 e. The molecule has 0 heterocycles. The fourth-order valence-corrected chi connectivity index (χ4v) is 5.07. The maximum atomic E-state index is 13.8. The van der Waals surface area contributed by atoms with Gasteiger partial charge in [0.15, 0.2) is 0 Å². The van der Waals surface area contributed by atoms with Crippen molar-refractivity contribution in [1.82, 2.24) is 5.32 Å². The molecule has 0 atom stereocenters. The molecule has 0 radical (unpaired) electrons. The number of para-hydroxylation sites is 1. The summed E-state index contributed by atoms with van der Waals surface area (Å²) in [5, 5.41) is 2.78.